The number of amides is 2. The Morgan fingerprint density at radius 1 is 1.32 bits per heavy atom. The van der Waals surface area contributed by atoms with Gasteiger partial charge in [-0.2, -0.15) is 0 Å². The van der Waals surface area contributed by atoms with Crippen LogP contribution in [0.4, 0.5) is 5.82 Å². The fourth-order valence-corrected chi connectivity index (χ4v) is 2.73. The summed E-state index contributed by atoms with van der Waals surface area (Å²) in [6.07, 6.45) is 5.21. The molecular formula is C14H21N5O3. The van der Waals surface area contributed by atoms with Crippen LogP contribution in [0.2, 0.25) is 0 Å². The van der Waals surface area contributed by atoms with Gasteiger partial charge in [0.1, 0.15) is 11.4 Å². The zero-order valence-corrected chi connectivity index (χ0v) is 12.6. The third kappa shape index (κ3) is 3.16. The third-order valence-electron chi connectivity index (χ3n) is 3.96. The number of hydrogen-bond acceptors (Lipinski definition) is 5. The number of nitrogens with one attached hydrogen (secondary N) is 1. The predicted molar refractivity (Wildman–Crippen MR) is 81.2 cm³/mol. The van der Waals surface area contributed by atoms with E-state index in [9.17, 15) is 14.4 Å². The van der Waals surface area contributed by atoms with Crippen molar-refractivity contribution in [1.82, 2.24) is 9.97 Å². The van der Waals surface area contributed by atoms with Crippen LogP contribution in [-0.4, -0.2) is 21.8 Å². The zero-order chi connectivity index (χ0) is 16.3. The molecule has 2 amide bonds. The number of rotatable bonds is 4. The predicted octanol–water partition coefficient (Wildman–Crippen LogP) is 0.533. The first-order valence-electron chi connectivity index (χ1n) is 7.47. The van der Waals surface area contributed by atoms with Crippen molar-refractivity contribution >= 4 is 17.6 Å². The lowest BCUT2D eigenvalue weighted by molar-refractivity contribution is -0.118. The van der Waals surface area contributed by atoms with Crippen molar-refractivity contribution in [3.05, 3.63) is 21.7 Å². The summed E-state index contributed by atoms with van der Waals surface area (Å²) in [6, 6.07) is 0. The maximum absolute atomic E-state index is 12.2. The smallest absolute Gasteiger partial charge is 0.266 e. The van der Waals surface area contributed by atoms with Crippen molar-refractivity contribution in [3.8, 4) is 0 Å². The lowest BCUT2D eigenvalue weighted by atomic mass is 9.88. The van der Waals surface area contributed by atoms with Gasteiger partial charge in [-0.15, -0.1) is 0 Å². The maximum Gasteiger partial charge on any atom is 0.266 e. The topological polar surface area (TPSA) is 135 Å². The lowest BCUT2D eigenvalue weighted by Crippen LogP contribution is -2.42. The summed E-state index contributed by atoms with van der Waals surface area (Å²) in [5.41, 5.74) is 4.19. The van der Waals surface area contributed by atoms with Crippen molar-refractivity contribution in [1.29, 1.82) is 0 Å². The number of hydrazine groups is 1. The van der Waals surface area contributed by atoms with Gasteiger partial charge < -0.3 is 10.7 Å². The number of primary amides is 1. The van der Waals surface area contributed by atoms with Crippen LogP contribution >= 0.6 is 0 Å². The molecule has 2 rings (SSSR count). The van der Waals surface area contributed by atoms with Crippen LogP contribution in [0.15, 0.2) is 4.79 Å². The normalized spacial score (nSPS) is 15.5. The molecule has 1 saturated carbocycles. The van der Waals surface area contributed by atoms with Gasteiger partial charge in [0, 0.05) is 12.3 Å². The van der Waals surface area contributed by atoms with Crippen molar-refractivity contribution < 1.29 is 9.59 Å². The van der Waals surface area contributed by atoms with Gasteiger partial charge >= 0.3 is 0 Å². The molecule has 0 aliphatic heterocycles. The fraction of sp³-hybridized carbons (Fsp3) is 0.571. The fourth-order valence-electron chi connectivity index (χ4n) is 2.73. The van der Waals surface area contributed by atoms with Gasteiger partial charge in [0.25, 0.3) is 11.5 Å². The van der Waals surface area contributed by atoms with Crippen LogP contribution in [0.1, 0.15) is 67.5 Å². The van der Waals surface area contributed by atoms with E-state index in [0.29, 0.717) is 5.82 Å². The number of hydrogen-bond donors (Lipinski definition) is 3. The molecule has 0 aromatic carbocycles. The minimum absolute atomic E-state index is 0.104. The molecule has 1 aromatic rings. The Morgan fingerprint density at radius 2 is 1.95 bits per heavy atom. The molecule has 1 aliphatic carbocycles. The van der Waals surface area contributed by atoms with Crippen LogP contribution < -0.4 is 22.1 Å². The molecule has 0 saturated heterocycles. The highest BCUT2D eigenvalue weighted by atomic mass is 16.2. The molecule has 0 radical (unpaired) electrons. The highest BCUT2D eigenvalue weighted by Gasteiger charge is 2.26. The Bertz CT molecular complexity index is 634. The second kappa shape index (κ2) is 6.69. The summed E-state index contributed by atoms with van der Waals surface area (Å²) < 4.78 is 0. The molecule has 1 heterocycles. The Balaban J connectivity index is 2.51. The number of aromatic nitrogens is 2. The average molecular weight is 307 g/mol. The van der Waals surface area contributed by atoms with Gasteiger partial charge in [0.15, 0.2) is 5.82 Å². The first-order valence-corrected chi connectivity index (χ1v) is 7.47. The van der Waals surface area contributed by atoms with Crippen LogP contribution in [0, 0.1) is 0 Å². The zero-order valence-electron chi connectivity index (χ0n) is 12.6. The van der Waals surface area contributed by atoms with Crippen LogP contribution in [0.3, 0.4) is 0 Å². The van der Waals surface area contributed by atoms with Gasteiger partial charge in [-0.1, -0.05) is 26.2 Å². The quantitative estimate of drug-likeness (QED) is 0.423. The number of H-pyrrole nitrogens is 1. The van der Waals surface area contributed by atoms with Crippen LogP contribution in [0.5, 0.6) is 0 Å². The first-order chi connectivity index (χ1) is 10.5. The molecule has 0 bridgehead atoms. The number of carbonyl (C=O) groups is 2. The number of nitrogens with zero attached hydrogens (tertiary/aromatic N) is 2. The second-order valence-corrected chi connectivity index (χ2v) is 5.47. The van der Waals surface area contributed by atoms with E-state index in [1.54, 1.807) is 6.92 Å². The van der Waals surface area contributed by atoms with E-state index in [4.69, 9.17) is 11.6 Å². The molecule has 0 atom stereocenters. The number of carbonyl (C=O) groups excluding carboxylic acids is 2. The van der Waals surface area contributed by atoms with E-state index in [0.717, 1.165) is 37.1 Å². The Hall–Kier alpha value is -2.22. The lowest BCUT2D eigenvalue weighted by Gasteiger charge is -2.23. The van der Waals surface area contributed by atoms with Crippen molar-refractivity contribution in [2.24, 2.45) is 11.6 Å². The third-order valence-corrected chi connectivity index (χ3v) is 3.96. The number of nitrogens with two attached hydrogens (primary N) is 2. The average Bonchev–Trinajstić information content (AvgIpc) is 2.53. The Kier molecular flexibility index (Phi) is 4.92. The first kappa shape index (κ1) is 16.2. The number of anilines is 1. The van der Waals surface area contributed by atoms with Crippen LogP contribution in [-0.2, 0) is 4.79 Å². The molecule has 0 spiro atoms. The Labute approximate surface area is 127 Å². The van der Waals surface area contributed by atoms with Gasteiger partial charge in [-0.25, -0.2) is 15.8 Å². The van der Waals surface area contributed by atoms with E-state index in [1.165, 1.54) is 0 Å². The summed E-state index contributed by atoms with van der Waals surface area (Å²) in [5, 5.41) is 0.738. The minimum atomic E-state index is -0.960. The van der Waals surface area contributed by atoms with E-state index in [1.807, 2.05) is 0 Å². The highest BCUT2D eigenvalue weighted by Crippen LogP contribution is 2.31. The van der Waals surface area contributed by atoms with E-state index in [2.05, 4.69) is 9.97 Å². The SMILES string of the molecule is CCC(=O)N(N)c1nc(C2CCCCC2)[nH]c(=O)c1C(N)=O. The molecule has 120 valence electrons. The molecule has 1 aliphatic rings. The highest BCUT2D eigenvalue weighted by molar-refractivity contribution is 6.02. The molecular weight excluding hydrogens is 286 g/mol. The van der Waals surface area contributed by atoms with E-state index >= 15 is 0 Å². The monoisotopic (exact) mass is 307 g/mol. The van der Waals surface area contributed by atoms with Gasteiger partial charge in [0.2, 0.25) is 5.91 Å². The van der Waals surface area contributed by atoms with Crippen LogP contribution in [0.25, 0.3) is 0 Å². The largest absolute Gasteiger partial charge is 0.365 e. The minimum Gasteiger partial charge on any atom is -0.365 e. The summed E-state index contributed by atoms with van der Waals surface area (Å²) >= 11 is 0. The van der Waals surface area contributed by atoms with Crippen molar-refractivity contribution in [2.75, 3.05) is 5.01 Å². The molecule has 1 fully saturated rings. The molecule has 8 heteroatoms. The summed E-state index contributed by atoms with van der Waals surface area (Å²) in [7, 11) is 0. The maximum atomic E-state index is 12.2. The van der Waals surface area contributed by atoms with E-state index < -0.39 is 17.4 Å². The van der Waals surface area contributed by atoms with Gasteiger partial charge in [-0.05, 0) is 12.8 Å². The molecule has 5 N–H and O–H groups in total. The second-order valence-electron chi connectivity index (χ2n) is 5.47. The molecule has 0 unspecified atom stereocenters. The summed E-state index contributed by atoms with van der Waals surface area (Å²) in [6.45, 7) is 1.63. The molecule has 22 heavy (non-hydrogen) atoms. The molecule has 1 aromatic heterocycles. The molecule has 8 nitrogen and oxygen atoms in total. The summed E-state index contributed by atoms with van der Waals surface area (Å²) in [4.78, 5) is 42.4. The Morgan fingerprint density at radius 3 is 2.50 bits per heavy atom. The number of aromatic amines is 1. The summed E-state index contributed by atoms with van der Waals surface area (Å²) in [5.74, 6) is 4.71. The van der Waals surface area contributed by atoms with Gasteiger partial charge in [0.05, 0.1) is 0 Å². The van der Waals surface area contributed by atoms with Crippen molar-refractivity contribution in [3.63, 3.8) is 0 Å². The van der Waals surface area contributed by atoms with E-state index in [-0.39, 0.29) is 23.7 Å². The van der Waals surface area contributed by atoms with Gasteiger partial charge in [-0.3, -0.25) is 14.4 Å². The standard InChI is InChI=1S/C14H21N5O3/c1-2-9(20)19(16)13-10(11(15)21)14(22)18-12(17-13)8-6-4-3-5-7-8/h8H,2-7,16H2,1H3,(H2,15,21)(H,17,18,22). The van der Waals surface area contributed by atoms with Crippen molar-refractivity contribution in [2.45, 2.75) is 51.4 Å².